The Labute approximate surface area is 141 Å². The molecule has 0 saturated carbocycles. The fourth-order valence-electron chi connectivity index (χ4n) is 2.48. The number of hydrogen-bond acceptors (Lipinski definition) is 4. The second-order valence-corrected chi connectivity index (χ2v) is 5.69. The fourth-order valence-corrected chi connectivity index (χ4v) is 2.48. The Kier molecular flexibility index (Phi) is 6.66. The van der Waals surface area contributed by atoms with Gasteiger partial charge in [-0.15, -0.1) is 0 Å². The van der Waals surface area contributed by atoms with Crippen LogP contribution in [0, 0.1) is 10.1 Å². The number of nitro benzene ring substituents is 1. The second-order valence-electron chi connectivity index (χ2n) is 5.69. The van der Waals surface area contributed by atoms with Crippen LogP contribution in [0.1, 0.15) is 30.6 Å². The first-order valence-corrected chi connectivity index (χ1v) is 7.94. The molecule has 0 aliphatic carbocycles. The lowest BCUT2D eigenvalue weighted by atomic mass is 10.0. The molecule has 2 unspecified atom stereocenters. The van der Waals surface area contributed by atoms with Gasteiger partial charge < -0.3 is 10.4 Å². The molecule has 126 valence electrons. The van der Waals surface area contributed by atoms with Gasteiger partial charge in [0.15, 0.2) is 0 Å². The van der Waals surface area contributed by atoms with Crippen molar-refractivity contribution in [3.63, 3.8) is 0 Å². The summed E-state index contributed by atoms with van der Waals surface area (Å²) in [6.07, 6.45) is 3.69. The molecule has 5 heteroatoms. The summed E-state index contributed by atoms with van der Waals surface area (Å²) in [5.41, 5.74) is 1.59. The second kappa shape index (κ2) is 8.96. The highest BCUT2D eigenvalue weighted by molar-refractivity contribution is 5.60. The minimum Gasteiger partial charge on any atom is -0.388 e. The van der Waals surface area contributed by atoms with Crippen molar-refractivity contribution in [2.45, 2.75) is 25.5 Å². The zero-order chi connectivity index (χ0) is 17.4. The molecule has 0 aliphatic heterocycles. The van der Waals surface area contributed by atoms with Crippen LogP contribution in [0.15, 0.2) is 60.7 Å². The molecule has 2 atom stereocenters. The molecule has 0 radical (unpaired) electrons. The third-order valence-electron chi connectivity index (χ3n) is 3.78. The van der Waals surface area contributed by atoms with E-state index in [0.717, 1.165) is 5.56 Å². The molecule has 24 heavy (non-hydrogen) atoms. The quantitative estimate of drug-likeness (QED) is 0.573. The maximum absolute atomic E-state index is 10.9. The summed E-state index contributed by atoms with van der Waals surface area (Å²) in [5.74, 6) is 0. The fraction of sp³-hybridized carbons (Fsp3) is 0.263. The Morgan fingerprint density at radius 1 is 1.17 bits per heavy atom. The minimum absolute atomic E-state index is 0.0984. The van der Waals surface area contributed by atoms with Gasteiger partial charge in [-0.1, -0.05) is 54.6 Å². The van der Waals surface area contributed by atoms with Crippen molar-refractivity contribution < 1.29 is 10.0 Å². The van der Waals surface area contributed by atoms with Crippen molar-refractivity contribution in [2.75, 3.05) is 6.54 Å². The van der Waals surface area contributed by atoms with Crippen LogP contribution >= 0.6 is 0 Å². The number of aliphatic hydroxyl groups is 1. The molecule has 0 aromatic heterocycles. The molecule has 2 rings (SSSR count). The Morgan fingerprint density at radius 2 is 1.83 bits per heavy atom. The Hall–Kier alpha value is -2.50. The lowest BCUT2D eigenvalue weighted by Crippen LogP contribution is -2.27. The first-order chi connectivity index (χ1) is 11.6. The first kappa shape index (κ1) is 17.8. The summed E-state index contributed by atoms with van der Waals surface area (Å²) in [5, 5.41) is 24.4. The summed E-state index contributed by atoms with van der Waals surface area (Å²) in [6, 6.07) is 16.3. The van der Waals surface area contributed by atoms with Crippen molar-refractivity contribution in [3.8, 4) is 0 Å². The first-order valence-electron chi connectivity index (χ1n) is 7.94. The third kappa shape index (κ3) is 5.30. The van der Waals surface area contributed by atoms with Crippen molar-refractivity contribution in [1.82, 2.24) is 5.32 Å². The van der Waals surface area contributed by atoms with Gasteiger partial charge >= 0.3 is 0 Å². The number of nitrogens with zero attached hydrogens (tertiary/aromatic N) is 1. The highest BCUT2D eigenvalue weighted by Crippen LogP contribution is 2.19. The third-order valence-corrected chi connectivity index (χ3v) is 3.78. The summed E-state index contributed by atoms with van der Waals surface area (Å²) >= 11 is 0. The molecule has 0 spiro atoms. The average molecular weight is 326 g/mol. The van der Waals surface area contributed by atoms with Gasteiger partial charge in [-0.2, -0.15) is 0 Å². The Balaban J connectivity index is 1.82. The van der Waals surface area contributed by atoms with E-state index in [4.69, 9.17) is 0 Å². The molecule has 5 nitrogen and oxygen atoms in total. The number of nitro groups is 1. The lowest BCUT2D eigenvalue weighted by Gasteiger charge is -2.17. The number of benzene rings is 2. The van der Waals surface area contributed by atoms with E-state index < -0.39 is 6.10 Å². The van der Waals surface area contributed by atoms with Gasteiger partial charge in [-0.25, -0.2) is 0 Å². The monoisotopic (exact) mass is 326 g/mol. The van der Waals surface area contributed by atoms with Crippen LogP contribution in [-0.4, -0.2) is 22.6 Å². The number of rotatable bonds is 8. The van der Waals surface area contributed by atoms with E-state index in [-0.39, 0.29) is 16.7 Å². The van der Waals surface area contributed by atoms with Crippen LogP contribution in [0.5, 0.6) is 0 Å². The Bertz CT molecular complexity index is 686. The molecule has 2 N–H and O–H groups in total. The zero-order valence-electron chi connectivity index (χ0n) is 13.6. The molecule has 2 aromatic carbocycles. The predicted octanol–water partition coefficient (Wildman–Crippen LogP) is 3.71. The maximum atomic E-state index is 10.9. The van der Waals surface area contributed by atoms with E-state index in [1.165, 1.54) is 6.07 Å². The summed E-state index contributed by atoms with van der Waals surface area (Å²) in [4.78, 5) is 10.6. The number of para-hydroxylation sites is 1. The van der Waals surface area contributed by atoms with Crippen LogP contribution in [0.25, 0.3) is 6.08 Å². The molecular formula is C19H22N2O3. The minimum atomic E-state index is -0.507. The number of hydrogen-bond donors (Lipinski definition) is 2. The standard InChI is InChI=1S/C19H22N2O3/c1-15(14-19(22)17-9-3-2-4-10-17)20-13-7-11-16-8-5-6-12-18(16)21(23)24/h2-12,15,19-20,22H,13-14H2,1H3/b11-7+. The molecule has 0 saturated heterocycles. The van der Waals surface area contributed by atoms with Crippen molar-refractivity contribution in [1.29, 1.82) is 0 Å². The van der Waals surface area contributed by atoms with E-state index in [1.807, 2.05) is 43.3 Å². The molecule has 0 bridgehead atoms. The van der Waals surface area contributed by atoms with E-state index >= 15 is 0 Å². The smallest absolute Gasteiger partial charge is 0.276 e. The zero-order valence-corrected chi connectivity index (χ0v) is 13.6. The van der Waals surface area contributed by atoms with Crippen LogP contribution < -0.4 is 5.32 Å². The Morgan fingerprint density at radius 3 is 2.54 bits per heavy atom. The van der Waals surface area contributed by atoms with Crippen LogP contribution in [-0.2, 0) is 0 Å². The molecule has 2 aromatic rings. The highest BCUT2D eigenvalue weighted by atomic mass is 16.6. The number of nitrogens with one attached hydrogen (secondary N) is 1. The van der Waals surface area contributed by atoms with Gasteiger partial charge in [0.25, 0.3) is 5.69 Å². The van der Waals surface area contributed by atoms with E-state index in [9.17, 15) is 15.2 Å². The van der Waals surface area contributed by atoms with Crippen molar-refractivity contribution >= 4 is 11.8 Å². The van der Waals surface area contributed by atoms with Crippen LogP contribution in [0.3, 0.4) is 0 Å². The van der Waals surface area contributed by atoms with Gasteiger partial charge in [0.05, 0.1) is 16.6 Å². The lowest BCUT2D eigenvalue weighted by molar-refractivity contribution is -0.385. The topological polar surface area (TPSA) is 75.4 Å². The average Bonchev–Trinajstić information content (AvgIpc) is 2.59. The normalized spacial score (nSPS) is 13.8. The van der Waals surface area contributed by atoms with E-state index in [1.54, 1.807) is 24.3 Å². The highest BCUT2D eigenvalue weighted by Gasteiger charge is 2.11. The summed E-state index contributed by atoms with van der Waals surface area (Å²) < 4.78 is 0. The summed E-state index contributed by atoms with van der Waals surface area (Å²) in [6.45, 7) is 2.58. The summed E-state index contributed by atoms with van der Waals surface area (Å²) in [7, 11) is 0. The number of aliphatic hydroxyl groups excluding tert-OH is 1. The van der Waals surface area contributed by atoms with Gasteiger partial charge in [0, 0.05) is 18.7 Å². The van der Waals surface area contributed by atoms with Gasteiger partial charge in [0.2, 0.25) is 0 Å². The maximum Gasteiger partial charge on any atom is 0.276 e. The molecule has 0 heterocycles. The SMILES string of the molecule is CC(CC(O)c1ccccc1)NC/C=C/c1ccccc1[N+](=O)[O-]. The van der Waals surface area contributed by atoms with Crippen molar-refractivity contribution in [2.24, 2.45) is 0 Å². The molecule has 0 aliphatic rings. The van der Waals surface area contributed by atoms with E-state index in [0.29, 0.717) is 18.5 Å². The van der Waals surface area contributed by atoms with Crippen LogP contribution in [0.4, 0.5) is 5.69 Å². The molecular weight excluding hydrogens is 304 g/mol. The van der Waals surface area contributed by atoms with Gasteiger partial charge in [-0.05, 0) is 25.0 Å². The molecule has 0 amide bonds. The predicted molar refractivity (Wildman–Crippen MR) is 95.6 cm³/mol. The largest absolute Gasteiger partial charge is 0.388 e. The van der Waals surface area contributed by atoms with Gasteiger partial charge in [0.1, 0.15) is 0 Å². The van der Waals surface area contributed by atoms with Crippen molar-refractivity contribution in [3.05, 3.63) is 81.9 Å². The van der Waals surface area contributed by atoms with E-state index in [2.05, 4.69) is 5.32 Å². The molecule has 0 fully saturated rings. The van der Waals surface area contributed by atoms with Gasteiger partial charge in [-0.3, -0.25) is 10.1 Å². The van der Waals surface area contributed by atoms with Crippen LogP contribution in [0.2, 0.25) is 0 Å².